The van der Waals surface area contributed by atoms with E-state index in [1.807, 2.05) is 49.4 Å². The van der Waals surface area contributed by atoms with Crippen LogP contribution in [0.25, 0.3) is 0 Å². The van der Waals surface area contributed by atoms with Crippen LogP contribution in [0.15, 0.2) is 72.8 Å². The molecule has 3 rings (SSSR count). The van der Waals surface area contributed by atoms with Crippen LogP contribution in [0.1, 0.15) is 41.6 Å². The van der Waals surface area contributed by atoms with Gasteiger partial charge in [-0.15, -0.1) is 0 Å². The molecule has 0 bridgehead atoms. The van der Waals surface area contributed by atoms with E-state index in [-0.39, 0.29) is 11.9 Å². The fourth-order valence-electron chi connectivity index (χ4n) is 4.21. The van der Waals surface area contributed by atoms with Crippen LogP contribution in [0.2, 0.25) is 0 Å². The number of nitrogens with one attached hydrogen (secondary N) is 2. The molecule has 0 heterocycles. The third-order valence-corrected chi connectivity index (χ3v) is 6.31. The van der Waals surface area contributed by atoms with Gasteiger partial charge in [0.1, 0.15) is 5.54 Å². The monoisotopic (exact) mass is 500 g/mol. The fraction of sp³-hybridized carbons (Fsp3) is 0.321. The summed E-state index contributed by atoms with van der Waals surface area (Å²) in [5, 5.41) is 6.26. The minimum Gasteiger partial charge on any atom is -0.493 e. The Balaban J connectivity index is 1.97. The molecular formula is C28H31F3N2O3. The summed E-state index contributed by atoms with van der Waals surface area (Å²) in [6, 6.07) is 19.7. The summed E-state index contributed by atoms with van der Waals surface area (Å²) >= 11 is 0. The molecule has 3 aromatic rings. The average Bonchev–Trinajstić information content (AvgIpc) is 2.90. The number of carbonyl (C=O) groups excluding carboxylic acids is 1. The summed E-state index contributed by atoms with van der Waals surface area (Å²) in [7, 11) is 4.68. The zero-order chi connectivity index (χ0) is 26.3. The van der Waals surface area contributed by atoms with Gasteiger partial charge in [0.25, 0.3) is 0 Å². The van der Waals surface area contributed by atoms with Gasteiger partial charge in [-0.3, -0.25) is 10.1 Å². The summed E-state index contributed by atoms with van der Waals surface area (Å²) in [6.07, 6.45) is -3.38. The van der Waals surface area contributed by atoms with Crippen molar-refractivity contribution in [2.45, 2.75) is 37.5 Å². The van der Waals surface area contributed by atoms with Crippen LogP contribution in [0.4, 0.5) is 13.2 Å². The highest BCUT2D eigenvalue weighted by Crippen LogP contribution is 2.35. The number of hydrogen-bond acceptors (Lipinski definition) is 4. The Bertz CT molecular complexity index is 1150. The Morgan fingerprint density at radius 1 is 0.889 bits per heavy atom. The molecule has 5 nitrogen and oxygen atoms in total. The van der Waals surface area contributed by atoms with Crippen molar-refractivity contribution in [2.24, 2.45) is 0 Å². The standard InChI is InChI=1S/C28H31F3N2O3/c1-27(26(34)32-2,21-8-6-5-7-9-21)33-23(20-13-17-24(35-3)25(18-20)36-4)16-12-19-10-14-22(15-11-19)28(29,30)31/h5-11,13-15,17-18,23,33H,12,16H2,1-4H3,(H,32,34)/t23-,27+/m0/s1. The van der Waals surface area contributed by atoms with E-state index < -0.39 is 17.3 Å². The van der Waals surface area contributed by atoms with E-state index in [0.717, 1.165) is 28.8 Å². The molecule has 0 fully saturated rings. The number of alkyl halides is 3. The third-order valence-electron chi connectivity index (χ3n) is 6.31. The maximum absolute atomic E-state index is 13.1. The molecule has 3 aromatic carbocycles. The number of ether oxygens (including phenoxy) is 2. The summed E-state index contributed by atoms with van der Waals surface area (Å²) in [4.78, 5) is 13.1. The number of halogens is 3. The maximum Gasteiger partial charge on any atom is 0.416 e. The van der Waals surface area contributed by atoms with Crippen LogP contribution >= 0.6 is 0 Å². The smallest absolute Gasteiger partial charge is 0.416 e. The SMILES string of the molecule is CNC(=O)[C@](C)(N[C@@H](CCc1ccc(C(F)(F)F)cc1)c1ccc(OC)c(OC)c1)c1ccccc1. The molecule has 192 valence electrons. The molecule has 0 aromatic heterocycles. The second kappa shape index (κ2) is 11.5. The highest BCUT2D eigenvalue weighted by Gasteiger charge is 2.37. The van der Waals surface area contributed by atoms with E-state index in [0.29, 0.717) is 24.3 Å². The molecule has 2 N–H and O–H groups in total. The van der Waals surface area contributed by atoms with Crippen LogP contribution in [-0.2, 0) is 22.9 Å². The number of amides is 1. The molecular weight excluding hydrogens is 469 g/mol. The lowest BCUT2D eigenvalue weighted by Crippen LogP contribution is -2.52. The van der Waals surface area contributed by atoms with E-state index >= 15 is 0 Å². The molecule has 36 heavy (non-hydrogen) atoms. The Morgan fingerprint density at radius 2 is 1.53 bits per heavy atom. The fourth-order valence-corrected chi connectivity index (χ4v) is 4.21. The molecule has 2 atom stereocenters. The van der Waals surface area contributed by atoms with Crippen molar-refractivity contribution >= 4 is 5.91 Å². The highest BCUT2D eigenvalue weighted by atomic mass is 19.4. The van der Waals surface area contributed by atoms with E-state index in [4.69, 9.17) is 9.47 Å². The molecule has 0 aliphatic rings. The first-order valence-corrected chi connectivity index (χ1v) is 11.6. The minimum atomic E-state index is -4.38. The molecule has 0 spiro atoms. The van der Waals surface area contributed by atoms with Gasteiger partial charge in [-0.25, -0.2) is 0 Å². The van der Waals surface area contributed by atoms with Gasteiger partial charge in [0.05, 0.1) is 19.8 Å². The van der Waals surface area contributed by atoms with Gasteiger partial charge in [0, 0.05) is 13.1 Å². The number of benzene rings is 3. The van der Waals surface area contributed by atoms with E-state index in [2.05, 4.69) is 10.6 Å². The second-order valence-corrected chi connectivity index (χ2v) is 8.61. The molecule has 1 amide bonds. The number of carbonyl (C=O) groups is 1. The van der Waals surface area contributed by atoms with Crippen molar-refractivity contribution in [1.82, 2.24) is 10.6 Å². The second-order valence-electron chi connectivity index (χ2n) is 8.61. The van der Waals surface area contributed by atoms with Crippen LogP contribution < -0.4 is 20.1 Å². The molecule has 0 aliphatic heterocycles. The van der Waals surface area contributed by atoms with Crippen LogP contribution in [0.5, 0.6) is 11.5 Å². The van der Waals surface area contributed by atoms with Crippen molar-refractivity contribution in [3.63, 3.8) is 0 Å². The molecule has 0 saturated heterocycles. The van der Waals surface area contributed by atoms with Gasteiger partial charge in [-0.05, 0) is 60.7 Å². The maximum atomic E-state index is 13.1. The Hall–Kier alpha value is -3.52. The first-order chi connectivity index (χ1) is 17.1. The zero-order valence-electron chi connectivity index (χ0n) is 20.8. The first kappa shape index (κ1) is 27.1. The normalized spacial score (nSPS) is 14.0. The number of methoxy groups -OCH3 is 2. The van der Waals surface area contributed by atoms with Crippen molar-refractivity contribution in [3.8, 4) is 11.5 Å². The Morgan fingerprint density at radius 3 is 2.08 bits per heavy atom. The number of aryl methyl sites for hydroxylation is 1. The van der Waals surface area contributed by atoms with E-state index in [9.17, 15) is 18.0 Å². The van der Waals surface area contributed by atoms with Crippen molar-refractivity contribution in [1.29, 1.82) is 0 Å². The molecule has 0 aliphatic carbocycles. The topological polar surface area (TPSA) is 59.6 Å². The molecule has 8 heteroatoms. The van der Waals surface area contributed by atoms with Crippen LogP contribution in [0.3, 0.4) is 0 Å². The summed E-state index contributed by atoms with van der Waals surface area (Å²) in [5.74, 6) is 0.895. The van der Waals surface area contributed by atoms with E-state index in [1.165, 1.54) is 12.1 Å². The van der Waals surface area contributed by atoms with Gasteiger partial charge in [0.15, 0.2) is 11.5 Å². The molecule has 0 saturated carbocycles. The third kappa shape index (κ3) is 6.18. The predicted octanol–water partition coefficient (Wildman–Crippen LogP) is 5.65. The minimum absolute atomic E-state index is 0.214. The molecule has 0 unspecified atom stereocenters. The van der Waals surface area contributed by atoms with Gasteiger partial charge in [-0.2, -0.15) is 13.2 Å². The first-order valence-electron chi connectivity index (χ1n) is 11.6. The summed E-state index contributed by atoms with van der Waals surface area (Å²) in [6.45, 7) is 1.81. The number of likely N-dealkylation sites (N-methyl/N-ethyl adjacent to an activating group) is 1. The van der Waals surface area contributed by atoms with Crippen molar-refractivity contribution < 1.29 is 27.4 Å². The van der Waals surface area contributed by atoms with Gasteiger partial charge in [0.2, 0.25) is 5.91 Å². The Labute approximate surface area is 209 Å². The number of rotatable bonds is 10. The summed E-state index contributed by atoms with van der Waals surface area (Å²) in [5.41, 5.74) is 0.636. The van der Waals surface area contributed by atoms with Gasteiger partial charge >= 0.3 is 6.18 Å². The lowest BCUT2D eigenvalue weighted by Gasteiger charge is -2.35. The quantitative estimate of drug-likeness (QED) is 0.378. The average molecular weight is 501 g/mol. The van der Waals surface area contributed by atoms with Gasteiger partial charge < -0.3 is 14.8 Å². The zero-order valence-corrected chi connectivity index (χ0v) is 20.8. The van der Waals surface area contributed by atoms with Crippen molar-refractivity contribution in [2.75, 3.05) is 21.3 Å². The number of hydrogen-bond donors (Lipinski definition) is 2. The highest BCUT2D eigenvalue weighted by molar-refractivity contribution is 5.87. The Kier molecular flexibility index (Phi) is 8.63. The van der Waals surface area contributed by atoms with Crippen LogP contribution in [-0.4, -0.2) is 27.2 Å². The predicted molar refractivity (Wildman–Crippen MR) is 133 cm³/mol. The lowest BCUT2D eigenvalue weighted by molar-refractivity contribution is -0.137. The van der Waals surface area contributed by atoms with E-state index in [1.54, 1.807) is 27.3 Å². The summed E-state index contributed by atoms with van der Waals surface area (Å²) < 4.78 is 49.8. The van der Waals surface area contributed by atoms with Gasteiger partial charge in [-0.1, -0.05) is 48.5 Å². The van der Waals surface area contributed by atoms with Crippen LogP contribution in [0, 0.1) is 0 Å². The lowest BCUT2D eigenvalue weighted by atomic mass is 9.87. The largest absolute Gasteiger partial charge is 0.493 e. The molecule has 0 radical (unpaired) electrons. The van der Waals surface area contributed by atoms with Crippen molar-refractivity contribution in [3.05, 3.63) is 95.1 Å².